The molecule has 0 bridgehead atoms. The number of fused-ring (bicyclic) bond motifs is 2. The zero-order valence-electron chi connectivity index (χ0n) is 22.3. The summed E-state index contributed by atoms with van der Waals surface area (Å²) in [5.41, 5.74) is -5.06. The summed E-state index contributed by atoms with van der Waals surface area (Å²) in [4.78, 5) is 14.9. The van der Waals surface area contributed by atoms with Crippen LogP contribution in [0.25, 0.3) is 16.5 Å². The Morgan fingerprint density at radius 2 is 1.62 bits per heavy atom. The molecule has 11 heteroatoms. The number of ether oxygens (including phenoxy) is 1. The second kappa shape index (κ2) is 10.8. The first kappa shape index (κ1) is 29.4. The molecule has 0 aliphatic heterocycles. The van der Waals surface area contributed by atoms with Gasteiger partial charge in [-0.2, -0.15) is 21.6 Å². The third kappa shape index (κ3) is 6.24. The van der Waals surface area contributed by atoms with Crippen LogP contribution in [-0.4, -0.2) is 37.1 Å². The number of hydrogen-bond acceptors (Lipinski definition) is 5. The van der Waals surface area contributed by atoms with E-state index in [0.29, 0.717) is 28.3 Å². The molecule has 0 aromatic heterocycles. The molecule has 0 saturated carbocycles. The molecule has 40 heavy (non-hydrogen) atoms. The molecule has 0 heterocycles. The van der Waals surface area contributed by atoms with Crippen LogP contribution in [0.15, 0.2) is 66.7 Å². The molecule has 0 radical (unpaired) electrons. The molecule has 0 spiro atoms. The van der Waals surface area contributed by atoms with E-state index in [1.54, 1.807) is 76.2 Å². The van der Waals surface area contributed by atoms with Crippen molar-refractivity contribution in [2.24, 2.45) is 5.92 Å². The maximum absolute atomic E-state index is 14.5. The molecule has 3 aromatic carbocycles. The number of rotatable bonds is 6. The Morgan fingerprint density at radius 1 is 1.00 bits per heavy atom. The van der Waals surface area contributed by atoms with Crippen LogP contribution in [-0.2, 0) is 25.5 Å². The lowest BCUT2D eigenvalue weighted by Gasteiger charge is -2.35. The Balaban J connectivity index is 1.75. The largest absolute Gasteiger partial charge is 0.534 e. The van der Waals surface area contributed by atoms with Gasteiger partial charge >= 0.3 is 21.7 Å². The number of benzene rings is 3. The molecule has 1 aliphatic carbocycles. The normalized spacial score (nSPS) is 16.6. The Hall–Kier alpha value is -3.60. The molecule has 3 aromatic rings. The first-order valence-corrected chi connectivity index (χ1v) is 14.0. The second-order valence-electron chi connectivity index (χ2n) is 10.6. The standard InChI is InChI=1S/C29H29F4NO5S/c1-18(21-13-14-25(30)24-12-8-7-11-23(21)24)34(27(35)38-28(2,3)4)17-19-15-20-9-5-6-10-22(20)26(16-19)39-40(36,37)29(31,32)33/h5-14,16,18-19H,15,17H2,1-4H3/t18-,19?/m1/s1. The Kier molecular flexibility index (Phi) is 7.90. The number of hydrogen-bond donors (Lipinski definition) is 0. The first-order valence-electron chi connectivity index (χ1n) is 12.5. The van der Waals surface area contributed by atoms with Gasteiger partial charge in [-0.15, -0.1) is 0 Å². The minimum atomic E-state index is -5.93. The van der Waals surface area contributed by atoms with Crippen LogP contribution in [0, 0.1) is 11.7 Å². The van der Waals surface area contributed by atoms with Crippen molar-refractivity contribution in [2.45, 2.75) is 51.3 Å². The molecular weight excluding hydrogens is 550 g/mol. The maximum Gasteiger partial charge on any atom is 0.534 e. The number of carbonyl (C=O) groups is 1. The fourth-order valence-corrected chi connectivity index (χ4v) is 5.20. The van der Waals surface area contributed by atoms with Gasteiger partial charge in [0.2, 0.25) is 0 Å². The summed E-state index contributed by atoms with van der Waals surface area (Å²) < 4.78 is 87.9. The molecule has 0 fully saturated rings. The summed E-state index contributed by atoms with van der Waals surface area (Å²) in [7, 11) is -5.93. The topological polar surface area (TPSA) is 72.9 Å². The average molecular weight is 580 g/mol. The highest BCUT2D eigenvalue weighted by atomic mass is 32.2. The lowest BCUT2D eigenvalue weighted by molar-refractivity contribution is -0.0509. The molecule has 0 N–H and O–H groups in total. The lowest BCUT2D eigenvalue weighted by atomic mass is 9.87. The van der Waals surface area contributed by atoms with Crippen molar-refractivity contribution in [3.8, 4) is 0 Å². The van der Waals surface area contributed by atoms with E-state index in [4.69, 9.17) is 4.74 Å². The van der Waals surface area contributed by atoms with E-state index in [2.05, 4.69) is 4.18 Å². The van der Waals surface area contributed by atoms with Crippen molar-refractivity contribution in [3.63, 3.8) is 0 Å². The number of nitrogens with zero attached hydrogens (tertiary/aromatic N) is 1. The van der Waals surface area contributed by atoms with Gasteiger partial charge < -0.3 is 13.8 Å². The fourth-order valence-electron chi connectivity index (χ4n) is 4.72. The molecule has 1 amide bonds. The quantitative estimate of drug-likeness (QED) is 0.173. The van der Waals surface area contributed by atoms with Crippen LogP contribution in [0.2, 0.25) is 0 Å². The predicted octanol–water partition coefficient (Wildman–Crippen LogP) is 7.36. The number of halogens is 4. The van der Waals surface area contributed by atoms with E-state index in [0.717, 1.165) is 0 Å². The Labute approximate surface area is 230 Å². The zero-order chi connectivity index (χ0) is 29.5. The van der Waals surface area contributed by atoms with Crippen molar-refractivity contribution in [1.29, 1.82) is 0 Å². The molecule has 1 aliphatic rings. The van der Waals surface area contributed by atoms with Gasteiger partial charge in [0, 0.05) is 23.4 Å². The fraction of sp³-hybridized carbons (Fsp3) is 0.345. The Morgan fingerprint density at radius 3 is 2.27 bits per heavy atom. The maximum atomic E-state index is 14.5. The summed E-state index contributed by atoms with van der Waals surface area (Å²) in [6.07, 6.45) is 0.898. The predicted molar refractivity (Wildman–Crippen MR) is 143 cm³/mol. The van der Waals surface area contributed by atoms with Crippen LogP contribution >= 0.6 is 0 Å². The molecule has 6 nitrogen and oxygen atoms in total. The van der Waals surface area contributed by atoms with Gasteiger partial charge in [-0.3, -0.25) is 0 Å². The van der Waals surface area contributed by atoms with Crippen LogP contribution < -0.4 is 0 Å². The minimum Gasteiger partial charge on any atom is -0.444 e. The van der Waals surface area contributed by atoms with Gasteiger partial charge in [-0.05, 0) is 62.8 Å². The third-order valence-electron chi connectivity index (χ3n) is 6.52. The van der Waals surface area contributed by atoms with E-state index < -0.39 is 50.9 Å². The summed E-state index contributed by atoms with van der Waals surface area (Å²) >= 11 is 0. The second-order valence-corrected chi connectivity index (χ2v) is 12.2. The first-order chi connectivity index (χ1) is 18.6. The minimum absolute atomic E-state index is 0.0466. The molecule has 1 unspecified atom stereocenters. The van der Waals surface area contributed by atoms with Crippen LogP contribution in [0.5, 0.6) is 0 Å². The summed E-state index contributed by atoms with van der Waals surface area (Å²) in [5, 5.41) is 0.962. The van der Waals surface area contributed by atoms with Gasteiger partial charge in [0.05, 0.1) is 6.04 Å². The lowest BCUT2D eigenvalue weighted by Crippen LogP contribution is -2.41. The van der Waals surface area contributed by atoms with Gasteiger partial charge in [0.15, 0.2) is 0 Å². The van der Waals surface area contributed by atoms with Crippen molar-refractivity contribution in [2.75, 3.05) is 6.54 Å². The number of amides is 1. The summed E-state index contributed by atoms with van der Waals surface area (Å²) in [5.74, 6) is -1.52. The van der Waals surface area contributed by atoms with Gasteiger partial charge in [-0.25, -0.2) is 9.18 Å². The van der Waals surface area contributed by atoms with Gasteiger partial charge in [-0.1, -0.05) is 54.6 Å². The Bertz CT molecular complexity index is 1560. The zero-order valence-corrected chi connectivity index (χ0v) is 23.1. The van der Waals surface area contributed by atoms with E-state index in [-0.39, 0.29) is 12.1 Å². The molecule has 2 atom stereocenters. The summed E-state index contributed by atoms with van der Waals surface area (Å²) in [6.45, 7) is 6.80. The van der Waals surface area contributed by atoms with Crippen molar-refractivity contribution in [1.82, 2.24) is 4.90 Å². The van der Waals surface area contributed by atoms with Gasteiger partial charge in [0.1, 0.15) is 17.2 Å². The van der Waals surface area contributed by atoms with E-state index in [1.165, 1.54) is 23.1 Å². The molecular formula is C29H29F4NO5S. The van der Waals surface area contributed by atoms with Crippen molar-refractivity contribution < 1.29 is 39.7 Å². The van der Waals surface area contributed by atoms with Crippen LogP contribution in [0.3, 0.4) is 0 Å². The van der Waals surface area contributed by atoms with Crippen LogP contribution in [0.1, 0.15) is 50.4 Å². The van der Waals surface area contributed by atoms with E-state index in [1.807, 2.05) is 0 Å². The van der Waals surface area contributed by atoms with E-state index >= 15 is 0 Å². The molecule has 214 valence electrons. The number of carbonyl (C=O) groups excluding carboxylic acids is 1. The van der Waals surface area contributed by atoms with Crippen molar-refractivity contribution in [3.05, 3.63) is 89.2 Å². The van der Waals surface area contributed by atoms with Crippen molar-refractivity contribution >= 4 is 32.7 Å². The molecule has 0 saturated heterocycles. The smallest absolute Gasteiger partial charge is 0.444 e. The highest BCUT2D eigenvalue weighted by Gasteiger charge is 2.49. The number of alkyl halides is 3. The summed E-state index contributed by atoms with van der Waals surface area (Å²) in [6, 6.07) is 15.4. The SMILES string of the molecule is C[C@H](c1ccc(F)c2ccccc12)N(CC1C=C(OS(=O)(=O)C(F)(F)F)c2ccccc2C1)C(=O)OC(C)(C)C. The van der Waals surface area contributed by atoms with Gasteiger partial charge in [0.25, 0.3) is 0 Å². The highest BCUT2D eigenvalue weighted by molar-refractivity contribution is 7.87. The highest BCUT2D eigenvalue weighted by Crippen LogP contribution is 2.37. The van der Waals surface area contributed by atoms with E-state index in [9.17, 15) is 30.8 Å². The average Bonchev–Trinajstić information content (AvgIpc) is 2.85. The monoisotopic (exact) mass is 579 g/mol. The third-order valence-corrected chi connectivity index (χ3v) is 7.48. The van der Waals surface area contributed by atoms with Crippen LogP contribution in [0.4, 0.5) is 22.4 Å². The molecule has 4 rings (SSSR count).